The van der Waals surface area contributed by atoms with Crippen molar-refractivity contribution >= 4 is 35.1 Å². The number of nitrogens with one attached hydrogen (secondary N) is 2. The Morgan fingerprint density at radius 1 is 1.14 bits per heavy atom. The first-order valence-electron chi connectivity index (χ1n) is 13.1. The van der Waals surface area contributed by atoms with Crippen LogP contribution in [0.4, 0.5) is 11.6 Å². The Labute approximate surface area is 216 Å². The molecule has 1 aromatic heterocycles. The highest BCUT2D eigenvalue weighted by Crippen LogP contribution is 2.55. The molecule has 0 radical (unpaired) electrons. The van der Waals surface area contributed by atoms with Crippen molar-refractivity contribution < 1.29 is 9.59 Å². The molecule has 2 N–H and O–H groups in total. The summed E-state index contributed by atoms with van der Waals surface area (Å²) in [5, 5.41) is 7.12. The van der Waals surface area contributed by atoms with Crippen molar-refractivity contribution in [2.24, 2.45) is 5.92 Å². The molecule has 1 saturated carbocycles. The molecule has 6 rings (SSSR count). The number of piperazine rings is 1. The minimum absolute atomic E-state index is 0.0569. The molecule has 9 heteroatoms. The fourth-order valence-corrected chi connectivity index (χ4v) is 6.48. The van der Waals surface area contributed by atoms with Crippen LogP contribution in [0.25, 0.3) is 0 Å². The van der Waals surface area contributed by atoms with Crippen LogP contribution in [-0.4, -0.2) is 64.4 Å². The summed E-state index contributed by atoms with van der Waals surface area (Å²) in [6.45, 7) is 6.55. The van der Waals surface area contributed by atoms with E-state index >= 15 is 0 Å². The van der Waals surface area contributed by atoms with Crippen molar-refractivity contribution in [1.82, 2.24) is 20.2 Å². The van der Waals surface area contributed by atoms with E-state index in [9.17, 15) is 9.59 Å². The van der Waals surface area contributed by atoms with Gasteiger partial charge >= 0.3 is 0 Å². The summed E-state index contributed by atoms with van der Waals surface area (Å²) in [7, 11) is 0. The molecule has 1 aliphatic carbocycles. The predicted octanol–water partition coefficient (Wildman–Crippen LogP) is 3.54. The Morgan fingerprint density at radius 2 is 1.86 bits per heavy atom. The second-order valence-corrected chi connectivity index (χ2v) is 11.4. The van der Waals surface area contributed by atoms with E-state index in [-0.39, 0.29) is 41.7 Å². The Bertz CT molecular complexity index is 1160. The molecule has 8 nitrogen and oxygen atoms in total. The second-order valence-electron chi connectivity index (χ2n) is 10.9. The third-order valence-corrected chi connectivity index (χ3v) is 8.45. The molecule has 2 aromatic rings. The van der Waals surface area contributed by atoms with Gasteiger partial charge < -0.3 is 20.4 Å². The number of anilines is 2. The summed E-state index contributed by atoms with van der Waals surface area (Å²) < 4.78 is 0. The molecule has 2 amide bonds. The Morgan fingerprint density at radius 3 is 2.56 bits per heavy atom. The van der Waals surface area contributed by atoms with Gasteiger partial charge in [-0.3, -0.25) is 9.59 Å². The molecule has 3 aliphatic heterocycles. The minimum Gasteiger partial charge on any atom is -0.352 e. The summed E-state index contributed by atoms with van der Waals surface area (Å²) in [6.07, 6.45) is 5.17. The van der Waals surface area contributed by atoms with E-state index in [1.165, 1.54) is 0 Å². The normalized spacial score (nSPS) is 26.9. The zero-order valence-corrected chi connectivity index (χ0v) is 21.5. The van der Waals surface area contributed by atoms with Crippen molar-refractivity contribution in [1.29, 1.82) is 0 Å². The fourth-order valence-electron chi connectivity index (χ4n) is 6.35. The van der Waals surface area contributed by atoms with Crippen LogP contribution in [0.3, 0.4) is 0 Å². The lowest BCUT2D eigenvalue weighted by Crippen LogP contribution is -2.57. The van der Waals surface area contributed by atoms with Gasteiger partial charge in [0.25, 0.3) is 0 Å². The number of benzene rings is 1. The number of halogens is 1. The highest BCUT2D eigenvalue weighted by molar-refractivity contribution is 6.30. The summed E-state index contributed by atoms with van der Waals surface area (Å²) in [4.78, 5) is 39.8. The molecule has 2 saturated heterocycles. The van der Waals surface area contributed by atoms with Gasteiger partial charge in [-0.1, -0.05) is 37.6 Å². The maximum Gasteiger partial charge on any atom is 0.230 e. The van der Waals surface area contributed by atoms with Crippen molar-refractivity contribution in [3.63, 3.8) is 0 Å². The lowest BCUT2D eigenvalue weighted by molar-refractivity contribution is -0.136. The number of amides is 2. The molecule has 0 spiro atoms. The van der Waals surface area contributed by atoms with Gasteiger partial charge in [0.15, 0.2) is 0 Å². The van der Waals surface area contributed by atoms with Gasteiger partial charge in [0.05, 0.1) is 5.92 Å². The fraction of sp³-hybridized carbons (Fsp3) is 0.556. The Balaban J connectivity index is 1.23. The first-order valence-corrected chi connectivity index (χ1v) is 13.5. The van der Waals surface area contributed by atoms with Gasteiger partial charge in [-0.05, 0) is 49.9 Å². The molecule has 3 unspecified atom stereocenters. The molecule has 4 heterocycles. The van der Waals surface area contributed by atoms with Crippen LogP contribution in [0.5, 0.6) is 0 Å². The zero-order valence-electron chi connectivity index (χ0n) is 20.8. The third-order valence-electron chi connectivity index (χ3n) is 8.19. The number of carbonyl (C=O) groups is 2. The van der Waals surface area contributed by atoms with Gasteiger partial charge in [-0.25, -0.2) is 9.97 Å². The number of hydrogen-bond acceptors (Lipinski definition) is 6. The van der Waals surface area contributed by atoms with Crippen LogP contribution in [0.2, 0.25) is 5.02 Å². The number of rotatable bonds is 7. The van der Waals surface area contributed by atoms with E-state index in [1.807, 2.05) is 24.3 Å². The maximum absolute atomic E-state index is 14.1. The number of nitrogens with zero attached hydrogens (tertiary/aromatic N) is 4. The highest BCUT2D eigenvalue weighted by Gasteiger charge is 2.52. The number of hydrogen-bond donors (Lipinski definition) is 2. The standard InChI is InChI=1S/C27H33ClN6O2/c1-15(2)29-10-9-20(16-3-5-17(28)6-4-16)27(36)34-18-7-8-19(34)13-33(12-18)25-23-21-11-22(21)26(35)32-24(23)30-14-31-25/h3-6,14-15,18-22,29H,7-13H2,1-2H3,(H,30,31,32,35)/t18?,19?,20-,21?,22-/m1/s1. The smallest absolute Gasteiger partial charge is 0.230 e. The van der Waals surface area contributed by atoms with Gasteiger partial charge in [0, 0.05) is 53.6 Å². The molecule has 5 atom stereocenters. The number of carbonyl (C=O) groups excluding carboxylic acids is 2. The van der Waals surface area contributed by atoms with Crippen LogP contribution >= 0.6 is 11.6 Å². The third kappa shape index (κ3) is 4.24. The lowest BCUT2D eigenvalue weighted by Gasteiger charge is -2.43. The van der Waals surface area contributed by atoms with E-state index < -0.39 is 0 Å². The van der Waals surface area contributed by atoms with Gasteiger partial charge in [0.2, 0.25) is 11.8 Å². The molecule has 2 bridgehead atoms. The average molecular weight is 509 g/mol. The molecular weight excluding hydrogens is 476 g/mol. The lowest BCUT2D eigenvalue weighted by atomic mass is 9.92. The summed E-state index contributed by atoms with van der Waals surface area (Å²) in [5.74, 6) is 1.98. The number of fused-ring (bicyclic) bond motifs is 5. The summed E-state index contributed by atoms with van der Waals surface area (Å²) in [6, 6.07) is 8.42. The molecule has 190 valence electrons. The van der Waals surface area contributed by atoms with Crippen LogP contribution in [-0.2, 0) is 9.59 Å². The van der Waals surface area contributed by atoms with E-state index in [4.69, 9.17) is 11.6 Å². The Kier molecular flexibility index (Phi) is 6.12. The Hall–Kier alpha value is -2.71. The molecule has 4 aliphatic rings. The van der Waals surface area contributed by atoms with Gasteiger partial charge in [0.1, 0.15) is 18.0 Å². The van der Waals surface area contributed by atoms with Gasteiger partial charge in [-0.15, -0.1) is 0 Å². The van der Waals surface area contributed by atoms with E-state index in [0.29, 0.717) is 16.9 Å². The molecule has 1 aromatic carbocycles. The molecule has 36 heavy (non-hydrogen) atoms. The van der Waals surface area contributed by atoms with E-state index in [2.05, 4.69) is 44.2 Å². The SMILES string of the molecule is CC(C)NCC[C@@H](C(=O)N1C2CCC1CN(c1ncnc3c1C1C[C@H]1C(=O)N3)C2)c1ccc(Cl)cc1. The van der Waals surface area contributed by atoms with Crippen LogP contribution in [0.1, 0.15) is 62.5 Å². The van der Waals surface area contributed by atoms with Crippen molar-refractivity contribution in [2.45, 2.75) is 69.5 Å². The predicted molar refractivity (Wildman–Crippen MR) is 139 cm³/mol. The van der Waals surface area contributed by atoms with Crippen molar-refractivity contribution in [3.8, 4) is 0 Å². The second kappa shape index (κ2) is 9.30. The number of aromatic nitrogens is 2. The highest BCUT2D eigenvalue weighted by atomic mass is 35.5. The van der Waals surface area contributed by atoms with E-state index in [0.717, 1.165) is 62.3 Å². The quantitative estimate of drug-likeness (QED) is 0.594. The minimum atomic E-state index is -0.197. The van der Waals surface area contributed by atoms with Crippen LogP contribution < -0.4 is 15.5 Å². The van der Waals surface area contributed by atoms with Gasteiger partial charge in [-0.2, -0.15) is 0 Å². The van der Waals surface area contributed by atoms with E-state index in [1.54, 1.807) is 6.33 Å². The largest absolute Gasteiger partial charge is 0.352 e. The molecule has 3 fully saturated rings. The first kappa shape index (κ1) is 23.7. The maximum atomic E-state index is 14.1. The van der Waals surface area contributed by atoms with Crippen molar-refractivity contribution in [3.05, 3.63) is 46.7 Å². The summed E-state index contributed by atoms with van der Waals surface area (Å²) >= 11 is 6.15. The van der Waals surface area contributed by atoms with Crippen molar-refractivity contribution in [2.75, 3.05) is 29.9 Å². The topological polar surface area (TPSA) is 90.5 Å². The first-order chi connectivity index (χ1) is 17.4. The van der Waals surface area contributed by atoms with Crippen LogP contribution in [0.15, 0.2) is 30.6 Å². The summed E-state index contributed by atoms with van der Waals surface area (Å²) in [5.41, 5.74) is 2.11. The molecular formula is C27H33ClN6O2. The average Bonchev–Trinajstić information content (AvgIpc) is 3.62. The monoisotopic (exact) mass is 508 g/mol. The van der Waals surface area contributed by atoms with Crippen LogP contribution in [0, 0.1) is 5.92 Å². The zero-order chi connectivity index (χ0) is 25.0.